The minimum atomic E-state index is -1.19. The van der Waals surface area contributed by atoms with Crippen molar-refractivity contribution in [3.05, 3.63) is 82.4 Å². The van der Waals surface area contributed by atoms with Gasteiger partial charge in [-0.15, -0.1) is 0 Å². The quantitative estimate of drug-likeness (QED) is 0.646. The lowest BCUT2D eigenvalue weighted by Crippen LogP contribution is -2.29. The van der Waals surface area contributed by atoms with E-state index in [-0.39, 0.29) is 5.56 Å². The van der Waals surface area contributed by atoms with Gasteiger partial charge in [0.15, 0.2) is 0 Å². The van der Waals surface area contributed by atoms with Gasteiger partial charge in [-0.2, -0.15) is 0 Å². The number of hydrogen-bond acceptors (Lipinski definition) is 4. The highest BCUT2D eigenvalue weighted by Crippen LogP contribution is 2.28. The summed E-state index contributed by atoms with van der Waals surface area (Å²) in [6.45, 7) is 2.72. The van der Waals surface area contributed by atoms with Crippen molar-refractivity contribution in [2.45, 2.75) is 19.9 Å². The van der Waals surface area contributed by atoms with E-state index in [0.29, 0.717) is 35.5 Å². The number of carbonyl (C=O) groups is 2. The summed E-state index contributed by atoms with van der Waals surface area (Å²) in [4.78, 5) is 42.3. The third kappa shape index (κ3) is 4.02. The van der Waals surface area contributed by atoms with Gasteiger partial charge in [0.1, 0.15) is 5.82 Å². The molecule has 7 heteroatoms. The molecule has 31 heavy (non-hydrogen) atoms. The number of amides is 1. The minimum absolute atomic E-state index is 0.108. The number of rotatable bonds is 5. The van der Waals surface area contributed by atoms with Crippen molar-refractivity contribution in [2.75, 3.05) is 11.4 Å². The topological polar surface area (TPSA) is 92.5 Å². The molecule has 1 N–H and O–H groups in total. The van der Waals surface area contributed by atoms with Crippen LogP contribution >= 0.6 is 0 Å². The number of hydrogen-bond donors (Lipinski definition) is 1. The Balaban J connectivity index is 1.78. The van der Waals surface area contributed by atoms with Gasteiger partial charge in [-0.05, 0) is 48.8 Å². The Labute approximate surface area is 178 Å². The van der Waals surface area contributed by atoms with Gasteiger partial charge in [0.2, 0.25) is 0 Å². The number of nitrogens with zero attached hydrogens (tertiary/aromatic N) is 3. The zero-order valence-electron chi connectivity index (χ0n) is 17.0. The summed E-state index contributed by atoms with van der Waals surface area (Å²) in [5.41, 5.74) is 2.98. The number of allylic oxidation sites excluding steroid dienone is 1. The summed E-state index contributed by atoms with van der Waals surface area (Å²) in [6.07, 6.45) is 4.59. The summed E-state index contributed by atoms with van der Waals surface area (Å²) in [7, 11) is 0. The fourth-order valence-corrected chi connectivity index (χ4v) is 3.76. The number of aromatic nitrogens is 2. The maximum absolute atomic E-state index is 13.0. The molecule has 1 amide bonds. The summed E-state index contributed by atoms with van der Waals surface area (Å²) in [5.74, 6) is -1.00. The van der Waals surface area contributed by atoms with Crippen molar-refractivity contribution in [3.63, 3.8) is 0 Å². The SMILES string of the molecule is CCN(C(=O)C=CC(=O)O)c1ccc2c(=O)n3c(nc2c1)C(=Cc1ccccc1)CC3. The first kappa shape index (κ1) is 20.3. The predicted octanol–water partition coefficient (Wildman–Crippen LogP) is 3.33. The third-order valence-electron chi connectivity index (χ3n) is 5.23. The fourth-order valence-electron chi connectivity index (χ4n) is 3.76. The van der Waals surface area contributed by atoms with Crippen LogP contribution in [0.4, 0.5) is 5.69 Å². The molecule has 1 aliphatic rings. The maximum atomic E-state index is 13.0. The van der Waals surface area contributed by atoms with Gasteiger partial charge in [0, 0.05) is 30.9 Å². The normalized spacial score (nSPS) is 14.3. The van der Waals surface area contributed by atoms with E-state index in [4.69, 9.17) is 10.1 Å². The smallest absolute Gasteiger partial charge is 0.328 e. The molecule has 1 aromatic heterocycles. The summed E-state index contributed by atoms with van der Waals surface area (Å²) in [6, 6.07) is 14.9. The molecule has 0 radical (unpaired) electrons. The van der Waals surface area contributed by atoms with Gasteiger partial charge in [-0.3, -0.25) is 14.2 Å². The molecule has 0 unspecified atom stereocenters. The Bertz CT molecular complexity index is 1290. The van der Waals surface area contributed by atoms with E-state index >= 15 is 0 Å². The van der Waals surface area contributed by atoms with E-state index in [9.17, 15) is 14.4 Å². The Morgan fingerprint density at radius 3 is 2.65 bits per heavy atom. The number of likely N-dealkylation sites (N-methyl/N-ethyl adjacent to an activating group) is 1. The minimum Gasteiger partial charge on any atom is -0.478 e. The van der Waals surface area contributed by atoms with Crippen molar-refractivity contribution in [2.24, 2.45) is 0 Å². The van der Waals surface area contributed by atoms with Crippen LogP contribution in [0.3, 0.4) is 0 Å². The van der Waals surface area contributed by atoms with Crippen LogP contribution in [0.15, 0.2) is 65.5 Å². The number of benzene rings is 2. The number of carbonyl (C=O) groups excluding carboxylic acids is 1. The second kappa shape index (κ2) is 8.39. The van der Waals surface area contributed by atoms with E-state index in [2.05, 4.69) is 0 Å². The maximum Gasteiger partial charge on any atom is 0.328 e. The van der Waals surface area contributed by atoms with Crippen LogP contribution in [0.2, 0.25) is 0 Å². The van der Waals surface area contributed by atoms with Crippen molar-refractivity contribution in [1.82, 2.24) is 9.55 Å². The Hall–Kier alpha value is -4.00. The van der Waals surface area contributed by atoms with E-state index in [0.717, 1.165) is 29.7 Å². The Kier molecular flexibility index (Phi) is 5.49. The van der Waals surface area contributed by atoms with Crippen molar-refractivity contribution < 1.29 is 14.7 Å². The van der Waals surface area contributed by atoms with Gasteiger partial charge in [0.05, 0.1) is 10.9 Å². The van der Waals surface area contributed by atoms with Crippen LogP contribution in [-0.2, 0) is 16.1 Å². The van der Waals surface area contributed by atoms with E-state index in [1.165, 1.54) is 4.90 Å². The first-order chi connectivity index (χ1) is 15.0. The molecule has 3 aromatic rings. The van der Waals surface area contributed by atoms with Crippen LogP contribution in [0.25, 0.3) is 22.6 Å². The van der Waals surface area contributed by atoms with Gasteiger partial charge in [-0.25, -0.2) is 9.78 Å². The summed E-state index contributed by atoms with van der Waals surface area (Å²) in [5, 5.41) is 9.25. The van der Waals surface area contributed by atoms with Gasteiger partial charge in [0.25, 0.3) is 11.5 Å². The van der Waals surface area contributed by atoms with Crippen molar-refractivity contribution in [1.29, 1.82) is 0 Å². The molecule has 0 atom stereocenters. The first-order valence-electron chi connectivity index (χ1n) is 10.0. The van der Waals surface area contributed by atoms with Crippen LogP contribution < -0.4 is 10.5 Å². The molecule has 0 saturated carbocycles. The lowest BCUT2D eigenvalue weighted by Gasteiger charge is -2.19. The molecule has 0 aliphatic carbocycles. The molecular weight excluding hydrogens is 394 g/mol. The first-order valence-corrected chi connectivity index (χ1v) is 10.0. The fraction of sp³-hybridized carbons (Fsp3) is 0.167. The largest absolute Gasteiger partial charge is 0.478 e. The molecule has 1 aliphatic heterocycles. The number of aliphatic carboxylic acids is 1. The van der Waals surface area contributed by atoms with Gasteiger partial charge >= 0.3 is 5.97 Å². The second-order valence-electron chi connectivity index (χ2n) is 7.18. The lowest BCUT2D eigenvalue weighted by molar-refractivity contribution is -0.131. The molecule has 0 bridgehead atoms. The molecule has 7 nitrogen and oxygen atoms in total. The number of carboxylic acids is 1. The van der Waals surface area contributed by atoms with Gasteiger partial charge < -0.3 is 10.0 Å². The molecule has 0 saturated heterocycles. The molecule has 0 spiro atoms. The summed E-state index contributed by atoms with van der Waals surface area (Å²) >= 11 is 0. The summed E-state index contributed by atoms with van der Waals surface area (Å²) < 4.78 is 1.69. The molecule has 4 rings (SSSR count). The monoisotopic (exact) mass is 415 g/mol. The van der Waals surface area contributed by atoms with Crippen LogP contribution in [0.5, 0.6) is 0 Å². The molecule has 156 valence electrons. The number of anilines is 1. The highest BCUT2D eigenvalue weighted by molar-refractivity contribution is 6.04. The van der Waals surface area contributed by atoms with E-state index < -0.39 is 11.9 Å². The molecular formula is C24H21N3O4. The highest BCUT2D eigenvalue weighted by atomic mass is 16.4. The Morgan fingerprint density at radius 2 is 1.94 bits per heavy atom. The average Bonchev–Trinajstić information content (AvgIpc) is 3.16. The zero-order chi connectivity index (χ0) is 22.0. The van der Waals surface area contributed by atoms with Crippen LogP contribution in [0, 0.1) is 0 Å². The molecule has 0 fully saturated rings. The van der Waals surface area contributed by atoms with Gasteiger partial charge in [-0.1, -0.05) is 30.3 Å². The molecule has 2 heterocycles. The molecule has 2 aromatic carbocycles. The number of carboxylic acid groups (broad SMARTS) is 1. The Morgan fingerprint density at radius 1 is 1.16 bits per heavy atom. The van der Waals surface area contributed by atoms with Crippen molar-refractivity contribution >= 4 is 40.1 Å². The standard InChI is InChI=1S/C24H21N3O4/c1-2-26(21(28)10-11-22(29)30)18-8-9-19-20(15-18)25-23-17(12-13-27(23)24(19)31)14-16-6-4-3-5-7-16/h3-11,14-15H,2,12-13H2,1H3,(H,29,30). The van der Waals surface area contributed by atoms with Crippen LogP contribution in [-0.4, -0.2) is 33.1 Å². The van der Waals surface area contributed by atoms with E-state index in [1.807, 2.05) is 36.4 Å². The predicted molar refractivity (Wildman–Crippen MR) is 120 cm³/mol. The second-order valence-corrected chi connectivity index (χ2v) is 7.18. The van der Waals surface area contributed by atoms with Crippen molar-refractivity contribution in [3.8, 4) is 0 Å². The van der Waals surface area contributed by atoms with E-state index in [1.54, 1.807) is 29.7 Å². The third-order valence-corrected chi connectivity index (χ3v) is 5.23. The average molecular weight is 415 g/mol. The van der Waals surface area contributed by atoms with Crippen LogP contribution in [0.1, 0.15) is 24.7 Å². The lowest BCUT2D eigenvalue weighted by atomic mass is 10.1. The number of fused-ring (bicyclic) bond motifs is 2. The highest BCUT2D eigenvalue weighted by Gasteiger charge is 2.22. The zero-order valence-corrected chi connectivity index (χ0v) is 17.0.